The number of hydrogen-bond donors (Lipinski definition) is 2. The number of hydrazine groups is 1. The van der Waals surface area contributed by atoms with Crippen molar-refractivity contribution in [1.82, 2.24) is 15.0 Å². The average molecular weight is 280 g/mol. The molecule has 7 nitrogen and oxygen atoms in total. The quantitative estimate of drug-likeness (QED) is 0.552. The molecule has 2 rings (SSSR count). The number of aromatic nitrogens is 3. The van der Waals surface area contributed by atoms with E-state index in [2.05, 4.69) is 39.1 Å². The maximum Gasteiger partial charge on any atom is 0.323 e. The van der Waals surface area contributed by atoms with E-state index < -0.39 is 0 Å². The Bertz CT molecular complexity index is 435. The lowest BCUT2D eigenvalue weighted by Crippen LogP contribution is -2.34. The molecule has 7 heteroatoms. The molecule has 1 fully saturated rings. The minimum absolute atomic E-state index is 0.322. The summed E-state index contributed by atoms with van der Waals surface area (Å²) in [6, 6.07) is 0.647. The van der Waals surface area contributed by atoms with E-state index in [1.165, 1.54) is 12.8 Å². The Balaban J connectivity index is 2.21. The van der Waals surface area contributed by atoms with Crippen LogP contribution in [0.25, 0.3) is 0 Å². The van der Waals surface area contributed by atoms with E-state index in [1.807, 2.05) is 6.92 Å². The normalized spacial score (nSPS) is 14.4. The zero-order valence-electron chi connectivity index (χ0n) is 12.5. The van der Waals surface area contributed by atoms with Gasteiger partial charge < -0.3 is 9.64 Å². The highest BCUT2D eigenvalue weighted by Gasteiger charge is 2.27. The first-order valence-electron chi connectivity index (χ1n) is 7.26. The maximum absolute atomic E-state index is 5.50. The molecule has 1 aliphatic rings. The molecule has 112 valence electrons. The van der Waals surface area contributed by atoms with Crippen LogP contribution < -0.4 is 20.9 Å². The summed E-state index contributed by atoms with van der Waals surface area (Å²) in [5, 5.41) is 0. The number of ether oxygens (including phenoxy) is 1. The first-order chi connectivity index (χ1) is 9.63. The second-order valence-corrected chi connectivity index (χ2v) is 5.42. The van der Waals surface area contributed by atoms with Crippen LogP contribution >= 0.6 is 0 Å². The lowest BCUT2D eigenvalue weighted by molar-refractivity contribution is 0.291. The van der Waals surface area contributed by atoms with E-state index in [1.54, 1.807) is 0 Å². The Morgan fingerprint density at radius 3 is 2.65 bits per heavy atom. The number of nitrogen functional groups attached to an aromatic ring is 1. The van der Waals surface area contributed by atoms with Crippen LogP contribution in [-0.4, -0.2) is 34.1 Å². The van der Waals surface area contributed by atoms with E-state index in [4.69, 9.17) is 10.6 Å². The lowest BCUT2D eigenvalue weighted by atomic mass is 10.3. The summed E-state index contributed by atoms with van der Waals surface area (Å²) in [6.07, 6.45) is 3.48. The fraction of sp³-hybridized carbons (Fsp3) is 0.769. The van der Waals surface area contributed by atoms with Gasteiger partial charge in [-0.15, -0.1) is 0 Å². The summed E-state index contributed by atoms with van der Waals surface area (Å²) in [4.78, 5) is 15.1. The summed E-state index contributed by atoms with van der Waals surface area (Å²) < 4.78 is 5.50. The van der Waals surface area contributed by atoms with Gasteiger partial charge in [0.15, 0.2) is 0 Å². The van der Waals surface area contributed by atoms with Gasteiger partial charge in [-0.3, -0.25) is 5.43 Å². The van der Waals surface area contributed by atoms with Gasteiger partial charge in [-0.2, -0.15) is 15.0 Å². The van der Waals surface area contributed by atoms with Crippen LogP contribution in [0.3, 0.4) is 0 Å². The average Bonchev–Trinajstić information content (AvgIpc) is 3.25. The largest absolute Gasteiger partial charge is 0.463 e. The van der Waals surface area contributed by atoms with Crippen molar-refractivity contribution in [3.8, 4) is 6.01 Å². The molecule has 0 aliphatic heterocycles. The highest BCUT2D eigenvalue weighted by molar-refractivity contribution is 5.38. The molecule has 0 bridgehead atoms. The van der Waals surface area contributed by atoms with E-state index in [-0.39, 0.29) is 0 Å². The molecule has 3 N–H and O–H groups in total. The fourth-order valence-corrected chi connectivity index (χ4v) is 1.90. The van der Waals surface area contributed by atoms with Gasteiger partial charge in [0.2, 0.25) is 11.9 Å². The predicted octanol–water partition coefficient (Wildman–Crippen LogP) is 1.57. The van der Waals surface area contributed by atoms with Crippen LogP contribution in [0.1, 0.15) is 40.0 Å². The number of nitrogens with two attached hydrogens (primary N) is 1. The topological polar surface area (TPSA) is 89.2 Å². The Morgan fingerprint density at radius 2 is 2.10 bits per heavy atom. The predicted molar refractivity (Wildman–Crippen MR) is 78.6 cm³/mol. The van der Waals surface area contributed by atoms with E-state index >= 15 is 0 Å². The van der Waals surface area contributed by atoms with Gasteiger partial charge in [-0.05, 0) is 39.0 Å². The van der Waals surface area contributed by atoms with Crippen molar-refractivity contribution in [1.29, 1.82) is 0 Å². The molecule has 0 saturated heterocycles. The number of nitrogens with one attached hydrogen (secondary N) is 1. The molecule has 1 saturated carbocycles. The zero-order chi connectivity index (χ0) is 14.5. The summed E-state index contributed by atoms with van der Waals surface area (Å²) in [5.74, 6) is 7.14. The number of anilines is 2. The molecule has 0 aromatic carbocycles. The lowest BCUT2D eigenvalue weighted by Gasteiger charge is -2.27. The Hall–Kier alpha value is -1.63. The molecule has 1 aromatic heterocycles. The summed E-state index contributed by atoms with van der Waals surface area (Å²) in [5.41, 5.74) is 2.48. The highest BCUT2D eigenvalue weighted by Crippen LogP contribution is 2.31. The van der Waals surface area contributed by atoms with Gasteiger partial charge in [-0.25, -0.2) is 5.84 Å². The van der Waals surface area contributed by atoms with Crippen LogP contribution in [0.15, 0.2) is 0 Å². The number of rotatable bonds is 8. The maximum atomic E-state index is 5.50. The molecular formula is C13H24N6O. The van der Waals surface area contributed by atoms with Crippen LogP contribution in [-0.2, 0) is 0 Å². The van der Waals surface area contributed by atoms with Crippen molar-refractivity contribution in [2.75, 3.05) is 23.5 Å². The van der Waals surface area contributed by atoms with Gasteiger partial charge in [0.1, 0.15) is 0 Å². The van der Waals surface area contributed by atoms with Crippen LogP contribution in [0, 0.1) is 5.92 Å². The third kappa shape index (κ3) is 3.93. The van der Waals surface area contributed by atoms with Crippen molar-refractivity contribution in [3.63, 3.8) is 0 Å². The van der Waals surface area contributed by atoms with Crippen molar-refractivity contribution >= 4 is 11.9 Å². The molecule has 0 atom stereocenters. The third-order valence-corrected chi connectivity index (χ3v) is 3.20. The van der Waals surface area contributed by atoms with Crippen molar-refractivity contribution in [2.45, 2.75) is 46.1 Å². The van der Waals surface area contributed by atoms with Gasteiger partial charge in [0.05, 0.1) is 6.61 Å². The Morgan fingerprint density at radius 1 is 1.35 bits per heavy atom. The second kappa shape index (κ2) is 6.69. The standard InChI is InChI=1S/C13H24N6O/c1-4-7-20-13-16-11(18-14)15-12(17-13)19(9(2)3)8-10-5-6-10/h9-10H,4-8,14H2,1-3H3,(H,15,16,17,18). The SMILES string of the molecule is CCCOc1nc(NN)nc(N(CC2CC2)C(C)C)n1. The number of hydrogen-bond acceptors (Lipinski definition) is 7. The molecule has 1 aliphatic carbocycles. The van der Waals surface area contributed by atoms with Crippen molar-refractivity contribution in [3.05, 3.63) is 0 Å². The van der Waals surface area contributed by atoms with Crippen LogP contribution in [0.2, 0.25) is 0 Å². The van der Waals surface area contributed by atoms with Crippen molar-refractivity contribution in [2.24, 2.45) is 11.8 Å². The summed E-state index contributed by atoms with van der Waals surface area (Å²) in [6.45, 7) is 7.86. The van der Waals surface area contributed by atoms with Gasteiger partial charge >= 0.3 is 6.01 Å². The van der Waals surface area contributed by atoms with E-state index in [0.717, 1.165) is 18.9 Å². The van der Waals surface area contributed by atoms with E-state index in [9.17, 15) is 0 Å². The van der Waals surface area contributed by atoms with Gasteiger partial charge in [0, 0.05) is 12.6 Å². The zero-order valence-corrected chi connectivity index (χ0v) is 12.5. The Kier molecular flexibility index (Phi) is 4.94. The highest BCUT2D eigenvalue weighted by atomic mass is 16.5. The minimum atomic E-state index is 0.322. The Labute approximate surface area is 119 Å². The van der Waals surface area contributed by atoms with Gasteiger partial charge in [0.25, 0.3) is 0 Å². The van der Waals surface area contributed by atoms with Gasteiger partial charge in [-0.1, -0.05) is 6.92 Å². The molecule has 0 spiro atoms. The first-order valence-corrected chi connectivity index (χ1v) is 7.26. The van der Waals surface area contributed by atoms with Crippen LogP contribution in [0.5, 0.6) is 6.01 Å². The molecule has 0 unspecified atom stereocenters. The molecule has 1 heterocycles. The third-order valence-electron chi connectivity index (χ3n) is 3.20. The summed E-state index contributed by atoms with van der Waals surface area (Å²) >= 11 is 0. The van der Waals surface area contributed by atoms with E-state index in [0.29, 0.717) is 30.6 Å². The second-order valence-electron chi connectivity index (χ2n) is 5.42. The monoisotopic (exact) mass is 280 g/mol. The number of nitrogens with zero attached hydrogens (tertiary/aromatic N) is 4. The molecule has 0 radical (unpaired) electrons. The van der Waals surface area contributed by atoms with Crippen LogP contribution in [0.4, 0.5) is 11.9 Å². The smallest absolute Gasteiger partial charge is 0.323 e. The van der Waals surface area contributed by atoms with Crippen molar-refractivity contribution < 1.29 is 4.74 Å². The molecular weight excluding hydrogens is 256 g/mol. The fourth-order valence-electron chi connectivity index (χ4n) is 1.90. The first kappa shape index (κ1) is 14.8. The minimum Gasteiger partial charge on any atom is -0.463 e. The molecule has 20 heavy (non-hydrogen) atoms. The molecule has 0 amide bonds. The molecule has 1 aromatic rings. The summed E-state index contributed by atoms with van der Waals surface area (Å²) in [7, 11) is 0.